The molecule has 1 aliphatic carbocycles. The molecule has 1 saturated heterocycles. The number of nitrogens with one attached hydrogen (secondary N) is 1. The number of aliphatic hydroxyl groups excluding tert-OH is 3. The van der Waals surface area contributed by atoms with Crippen LogP contribution in [0.15, 0.2) is 6.33 Å². The second-order valence-corrected chi connectivity index (χ2v) is 7.77. The van der Waals surface area contributed by atoms with E-state index in [-0.39, 0.29) is 23.6 Å². The van der Waals surface area contributed by atoms with Crippen molar-refractivity contribution < 1.29 is 20.1 Å². The summed E-state index contributed by atoms with van der Waals surface area (Å²) in [6, 6.07) is -0.167. The summed E-state index contributed by atoms with van der Waals surface area (Å²) in [7, 11) is 0. The van der Waals surface area contributed by atoms with Crippen molar-refractivity contribution in [3.63, 3.8) is 0 Å². The summed E-state index contributed by atoms with van der Waals surface area (Å²) in [4.78, 5) is 14.3. The summed E-state index contributed by atoms with van der Waals surface area (Å²) in [6.07, 6.45) is -1.18. The first-order valence-electron chi connectivity index (χ1n) is 10.2. The number of ether oxygens (including phenoxy) is 1. The lowest BCUT2D eigenvalue weighted by atomic mass is 10.1. The molecule has 0 aromatic carbocycles. The summed E-state index contributed by atoms with van der Waals surface area (Å²) in [5.74, 6) is 0.567. The third kappa shape index (κ3) is 3.37. The van der Waals surface area contributed by atoms with E-state index in [9.17, 15) is 15.3 Å². The standard InChI is InChI=1S/C17H24N10O4/c1-2-27-24-14(23-25-27)12-10(29)11(30)16(31-12)26-6-19-9-13(18)21-17(22-15(9)26)20-7-4-3-5-8(7)28/h6-8,10-12,16,28-30H,2-5H2,1H3,(H3,18,20,21,22)/t7?,8?,10-,11+,12-,16+/m0/s1. The van der Waals surface area contributed by atoms with Gasteiger partial charge in [0.25, 0.3) is 0 Å². The van der Waals surface area contributed by atoms with Crippen LogP contribution in [0.4, 0.5) is 11.8 Å². The smallest absolute Gasteiger partial charge is 0.227 e. The second kappa shape index (κ2) is 7.64. The van der Waals surface area contributed by atoms with E-state index in [1.165, 1.54) is 15.7 Å². The van der Waals surface area contributed by atoms with Crippen molar-refractivity contribution in [2.45, 2.75) is 69.4 Å². The van der Waals surface area contributed by atoms with Crippen LogP contribution in [0.1, 0.15) is 44.3 Å². The van der Waals surface area contributed by atoms with E-state index in [2.05, 4.69) is 35.7 Å². The van der Waals surface area contributed by atoms with Gasteiger partial charge in [-0.1, -0.05) is 0 Å². The van der Waals surface area contributed by atoms with Crippen molar-refractivity contribution in [1.29, 1.82) is 0 Å². The van der Waals surface area contributed by atoms with Gasteiger partial charge >= 0.3 is 0 Å². The van der Waals surface area contributed by atoms with Crippen molar-refractivity contribution in [2.75, 3.05) is 11.1 Å². The van der Waals surface area contributed by atoms with Gasteiger partial charge < -0.3 is 31.1 Å². The molecule has 31 heavy (non-hydrogen) atoms. The van der Waals surface area contributed by atoms with E-state index in [1.54, 1.807) is 0 Å². The lowest BCUT2D eigenvalue weighted by Crippen LogP contribution is -2.30. The highest BCUT2D eigenvalue weighted by Gasteiger charge is 2.47. The van der Waals surface area contributed by atoms with Crippen LogP contribution < -0.4 is 11.1 Å². The number of nitrogens with zero attached hydrogens (tertiary/aromatic N) is 8. The SMILES string of the molecule is CCn1nnc([C@H]2O[C@@H](n3cnc4c(N)nc(NC5CCCC5O)nc43)[C@H](O)[C@@H]2O)n1. The monoisotopic (exact) mass is 432 g/mol. The number of nitrogen functional groups attached to an aromatic ring is 1. The van der Waals surface area contributed by atoms with E-state index < -0.39 is 30.6 Å². The quantitative estimate of drug-likeness (QED) is 0.321. The molecular weight excluding hydrogens is 408 g/mol. The average Bonchev–Trinajstić information content (AvgIpc) is 3.52. The number of aromatic nitrogens is 8. The highest BCUT2D eigenvalue weighted by molar-refractivity contribution is 5.83. The molecule has 4 heterocycles. The number of nitrogens with two attached hydrogens (primary N) is 1. The maximum Gasteiger partial charge on any atom is 0.227 e. The van der Waals surface area contributed by atoms with Crippen molar-refractivity contribution in [1.82, 2.24) is 39.7 Å². The summed E-state index contributed by atoms with van der Waals surface area (Å²) in [5, 5.41) is 46.3. The minimum Gasteiger partial charge on any atom is -0.391 e. The van der Waals surface area contributed by atoms with Gasteiger partial charge in [0.1, 0.15) is 17.7 Å². The molecule has 2 unspecified atom stereocenters. The number of hydrogen-bond acceptors (Lipinski definition) is 12. The lowest BCUT2D eigenvalue weighted by Gasteiger charge is -2.18. The van der Waals surface area contributed by atoms with Crippen LogP contribution in [0.3, 0.4) is 0 Å². The third-order valence-electron chi connectivity index (χ3n) is 5.76. The topological polar surface area (TPSA) is 195 Å². The molecule has 3 aromatic rings. The first-order chi connectivity index (χ1) is 15.0. The molecule has 1 aliphatic heterocycles. The Morgan fingerprint density at radius 2 is 2.06 bits per heavy atom. The van der Waals surface area contributed by atoms with Gasteiger partial charge in [-0.25, -0.2) is 4.98 Å². The Morgan fingerprint density at radius 3 is 2.77 bits per heavy atom. The summed E-state index contributed by atoms with van der Waals surface area (Å²) >= 11 is 0. The van der Waals surface area contributed by atoms with Gasteiger partial charge in [0.15, 0.2) is 23.8 Å². The Labute approximate surface area is 176 Å². The number of aliphatic hydroxyl groups is 3. The molecular formula is C17H24N10O4. The Kier molecular flexibility index (Phi) is 4.92. The fourth-order valence-electron chi connectivity index (χ4n) is 4.07. The Bertz CT molecular complexity index is 1090. The van der Waals surface area contributed by atoms with Gasteiger partial charge in [-0.15, -0.1) is 10.2 Å². The fraction of sp³-hybridized carbons (Fsp3) is 0.647. The van der Waals surface area contributed by atoms with Crippen LogP contribution in [0.5, 0.6) is 0 Å². The number of fused-ring (bicyclic) bond motifs is 1. The average molecular weight is 432 g/mol. The minimum absolute atomic E-state index is 0.149. The lowest BCUT2D eigenvalue weighted by molar-refractivity contribution is -0.0384. The number of aryl methyl sites for hydroxylation is 1. The third-order valence-corrected chi connectivity index (χ3v) is 5.76. The molecule has 6 N–H and O–H groups in total. The molecule has 0 radical (unpaired) electrons. The molecule has 5 rings (SSSR count). The van der Waals surface area contributed by atoms with Gasteiger partial charge in [-0.2, -0.15) is 14.8 Å². The Balaban J connectivity index is 1.46. The summed E-state index contributed by atoms with van der Waals surface area (Å²) in [6.45, 7) is 2.36. The highest BCUT2D eigenvalue weighted by atomic mass is 16.6. The maximum atomic E-state index is 10.7. The maximum absolute atomic E-state index is 10.7. The van der Waals surface area contributed by atoms with E-state index in [0.29, 0.717) is 24.1 Å². The summed E-state index contributed by atoms with van der Waals surface area (Å²) in [5.41, 5.74) is 6.72. The van der Waals surface area contributed by atoms with E-state index in [1.807, 2.05) is 6.92 Å². The Morgan fingerprint density at radius 1 is 1.23 bits per heavy atom. The van der Waals surface area contributed by atoms with Crippen molar-refractivity contribution in [3.05, 3.63) is 12.2 Å². The van der Waals surface area contributed by atoms with Crippen LogP contribution in [0.2, 0.25) is 0 Å². The van der Waals surface area contributed by atoms with Crippen LogP contribution >= 0.6 is 0 Å². The van der Waals surface area contributed by atoms with Crippen LogP contribution in [-0.4, -0.2) is 79.4 Å². The Hall–Kier alpha value is -2.94. The van der Waals surface area contributed by atoms with Gasteiger partial charge in [0.2, 0.25) is 11.8 Å². The molecule has 2 aliphatic rings. The zero-order valence-corrected chi connectivity index (χ0v) is 16.8. The van der Waals surface area contributed by atoms with Gasteiger partial charge in [0, 0.05) is 0 Å². The molecule has 0 bridgehead atoms. The first kappa shape index (κ1) is 20.0. The molecule has 14 nitrogen and oxygen atoms in total. The largest absolute Gasteiger partial charge is 0.391 e. The predicted octanol–water partition coefficient (Wildman–Crippen LogP) is -1.27. The molecule has 166 valence electrons. The van der Waals surface area contributed by atoms with Crippen LogP contribution in [-0.2, 0) is 11.3 Å². The van der Waals surface area contributed by atoms with Crippen molar-refractivity contribution in [2.24, 2.45) is 0 Å². The number of hydrogen-bond donors (Lipinski definition) is 5. The molecule has 3 aromatic heterocycles. The molecule has 0 amide bonds. The van der Waals surface area contributed by atoms with Gasteiger partial charge in [0.05, 0.1) is 25.0 Å². The molecule has 1 saturated carbocycles. The number of imidazole rings is 1. The zero-order valence-electron chi connectivity index (χ0n) is 16.8. The van der Waals surface area contributed by atoms with Gasteiger partial charge in [-0.3, -0.25) is 4.57 Å². The van der Waals surface area contributed by atoms with Crippen molar-refractivity contribution in [3.8, 4) is 0 Å². The summed E-state index contributed by atoms with van der Waals surface area (Å²) < 4.78 is 7.38. The van der Waals surface area contributed by atoms with Crippen LogP contribution in [0.25, 0.3) is 11.2 Å². The molecule has 6 atom stereocenters. The molecule has 0 spiro atoms. The first-order valence-corrected chi connectivity index (χ1v) is 10.2. The molecule has 2 fully saturated rings. The normalized spacial score (nSPS) is 31.0. The van der Waals surface area contributed by atoms with Crippen molar-refractivity contribution >= 4 is 22.9 Å². The fourth-order valence-corrected chi connectivity index (χ4v) is 4.07. The second-order valence-electron chi connectivity index (χ2n) is 7.77. The van der Waals surface area contributed by atoms with E-state index in [0.717, 1.165) is 12.8 Å². The number of anilines is 2. The van der Waals surface area contributed by atoms with Crippen LogP contribution in [0, 0.1) is 0 Å². The van der Waals surface area contributed by atoms with E-state index >= 15 is 0 Å². The van der Waals surface area contributed by atoms with E-state index in [4.69, 9.17) is 10.5 Å². The van der Waals surface area contributed by atoms with Gasteiger partial charge in [-0.05, 0) is 31.4 Å². The predicted molar refractivity (Wildman–Crippen MR) is 105 cm³/mol. The number of tetrazole rings is 1. The number of rotatable bonds is 5. The molecule has 14 heteroatoms. The minimum atomic E-state index is -1.29. The highest BCUT2D eigenvalue weighted by Crippen LogP contribution is 2.38. The zero-order chi connectivity index (χ0) is 21.7.